The number of methoxy groups -OCH3 is 1. The normalized spacial score (nSPS) is 15.5. The molecule has 0 N–H and O–H groups in total. The molecule has 1 aromatic heterocycles. The molecule has 5 heteroatoms. The zero-order valence-electron chi connectivity index (χ0n) is 10.6. The van der Waals surface area contributed by atoms with Gasteiger partial charge >= 0.3 is 0 Å². The molecule has 0 atom stereocenters. The third-order valence-corrected chi connectivity index (χ3v) is 2.90. The van der Waals surface area contributed by atoms with E-state index in [1.807, 2.05) is 13.2 Å². The van der Waals surface area contributed by atoms with Crippen LogP contribution in [-0.4, -0.2) is 22.7 Å². The smallest absolute Gasteiger partial charge is 0.231 e. The molecular formula is C14H12N2O3. The average molecular weight is 256 g/mol. The number of Topliss-reactive ketones (excluding diaryl/α,β-unsaturated/α-hetero) is 1. The lowest BCUT2D eigenvalue weighted by Crippen LogP contribution is -1.97. The van der Waals surface area contributed by atoms with Crippen molar-refractivity contribution in [2.24, 2.45) is 7.05 Å². The lowest BCUT2D eigenvalue weighted by Gasteiger charge is -2.01. The summed E-state index contributed by atoms with van der Waals surface area (Å²) >= 11 is 0. The summed E-state index contributed by atoms with van der Waals surface area (Å²) in [5.41, 5.74) is 1.38. The van der Waals surface area contributed by atoms with E-state index in [0.29, 0.717) is 22.8 Å². The van der Waals surface area contributed by atoms with Crippen molar-refractivity contribution in [1.82, 2.24) is 9.78 Å². The van der Waals surface area contributed by atoms with Gasteiger partial charge in [-0.15, -0.1) is 0 Å². The second kappa shape index (κ2) is 4.28. The van der Waals surface area contributed by atoms with Crippen molar-refractivity contribution in [2.45, 2.75) is 0 Å². The molecular weight excluding hydrogens is 244 g/mol. The molecule has 3 rings (SSSR count). The van der Waals surface area contributed by atoms with Gasteiger partial charge in [0.2, 0.25) is 5.78 Å². The summed E-state index contributed by atoms with van der Waals surface area (Å²) < 4.78 is 12.3. The monoisotopic (exact) mass is 256 g/mol. The summed E-state index contributed by atoms with van der Waals surface area (Å²) in [6.45, 7) is 0. The van der Waals surface area contributed by atoms with E-state index in [2.05, 4.69) is 5.10 Å². The Kier molecular flexibility index (Phi) is 2.59. The molecule has 0 fully saturated rings. The third-order valence-electron chi connectivity index (χ3n) is 2.90. The zero-order valence-corrected chi connectivity index (χ0v) is 10.6. The van der Waals surface area contributed by atoms with Crippen LogP contribution in [0.5, 0.6) is 11.5 Å². The van der Waals surface area contributed by atoms with Gasteiger partial charge in [-0.25, -0.2) is 0 Å². The standard InChI is InChI=1S/C14H12N2O3/c1-16-8-9(7-15-16)5-13-14(17)11-4-3-10(18-2)6-12(11)19-13/h3-8H,1-2H3. The van der Waals surface area contributed by atoms with Gasteiger partial charge in [0.15, 0.2) is 5.76 Å². The van der Waals surface area contributed by atoms with Crippen LogP contribution in [0.4, 0.5) is 0 Å². The van der Waals surface area contributed by atoms with Crippen molar-refractivity contribution in [2.75, 3.05) is 7.11 Å². The fraction of sp³-hybridized carbons (Fsp3) is 0.143. The molecule has 96 valence electrons. The first-order chi connectivity index (χ1) is 9.17. The molecule has 1 aromatic carbocycles. The van der Waals surface area contributed by atoms with Crippen molar-refractivity contribution in [3.05, 3.63) is 47.5 Å². The van der Waals surface area contributed by atoms with Crippen molar-refractivity contribution >= 4 is 11.9 Å². The zero-order chi connectivity index (χ0) is 13.4. The molecule has 1 aliphatic heterocycles. The maximum Gasteiger partial charge on any atom is 0.231 e. The molecule has 0 bridgehead atoms. The Labute approximate surface area is 110 Å². The number of carbonyl (C=O) groups is 1. The largest absolute Gasteiger partial charge is 0.497 e. The van der Waals surface area contributed by atoms with Gasteiger partial charge in [-0.3, -0.25) is 9.48 Å². The summed E-state index contributed by atoms with van der Waals surface area (Å²) in [5.74, 6) is 1.37. The highest BCUT2D eigenvalue weighted by molar-refractivity contribution is 6.14. The van der Waals surface area contributed by atoms with E-state index in [4.69, 9.17) is 9.47 Å². The summed E-state index contributed by atoms with van der Waals surface area (Å²) in [4.78, 5) is 12.1. The van der Waals surface area contributed by atoms with Gasteiger partial charge in [0, 0.05) is 24.9 Å². The van der Waals surface area contributed by atoms with Crippen LogP contribution in [0.25, 0.3) is 6.08 Å². The van der Waals surface area contributed by atoms with Crippen LogP contribution < -0.4 is 9.47 Å². The predicted octanol–water partition coefficient (Wildman–Crippen LogP) is 2.04. The van der Waals surface area contributed by atoms with Gasteiger partial charge in [0.25, 0.3) is 0 Å². The first-order valence-electron chi connectivity index (χ1n) is 5.78. The molecule has 0 amide bonds. The number of benzene rings is 1. The topological polar surface area (TPSA) is 53.4 Å². The van der Waals surface area contributed by atoms with Crippen molar-refractivity contribution < 1.29 is 14.3 Å². The summed E-state index contributed by atoms with van der Waals surface area (Å²) in [6.07, 6.45) is 5.17. The molecule has 0 saturated carbocycles. The van der Waals surface area contributed by atoms with E-state index in [9.17, 15) is 4.79 Å². The van der Waals surface area contributed by atoms with Gasteiger partial charge in [0.1, 0.15) is 11.5 Å². The fourth-order valence-electron chi connectivity index (χ4n) is 1.96. The molecule has 2 heterocycles. The molecule has 5 nitrogen and oxygen atoms in total. The van der Waals surface area contributed by atoms with E-state index in [-0.39, 0.29) is 5.78 Å². The summed E-state index contributed by atoms with van der Waals surface area (Å²) in [5, 5.41) is 4.05. The molecule has 0 unspecified atom stereocenters. The number of fused-ring (bicyclic) bond motifs is 1. The number of aromatic nitrogens is 2. The minimum absolute atomic E-state index is 0.124. The molecule has 1 aliphatic rings. The predicted molar refractivity (Wildman–Crippen MR) is 69.1 cm³/mol. The van der Waals surface area contributed by atoms with Crippen LogP contribution >= 0.6 is 0 Å². The molecule has 19 heavy (non-hydrogen) atoms. The first kappa shape index (κ1) is 11.5. The second-order valence-electron chi connectivity index (χ2n) is 4.25. The Morgan fingerprint density at radius 3 is 2.95 bits per heavy atom. The molecule has 0 radical (unpaired) electrons. The maximum atomic E-state index is 12.1. The number of carbonyl (C=O) groups excluding carboxylic acids is 1. The Morgan fingerprint density at radius 1 is 1.42 bits per heavy atom. The summed E-state index contributed by atoms with van der Waals surface area (Å²) in [6, 6.07) is 5.16. The van der Waals surface area contributed by atoms with E-state index in [1.54, 1.807) is 42.3 Å². The first-order valence-corrected chi connectivity index (χ1v) is 5.78. The van der Waals surface area contributed by atoms with Crippen LogP contribution in [0, 0.1) is 0 Å². The van der Waals surface area contributed by atoms with Crippen molar-refractivity contribution in [1.29, 1.82) is 0 Å². The van der Waals surface area contributed by atoms with Gasteiger partial charge in [-0.2, -0.15) is 5.10 Å². The maximum absolute atomic E-state index is 12.1. The number of ketones is 1. The highest BCUT2D eigenvalue weighted by atomic mass is 16.5. The molecule has 0 saturated heterocycles. The highest BCUT2D eigenvalue weighted by Crippen LogP contribution is 2.34. The lowest BCUT2D eigenvalue weighted by molar-refractivity contribution is 0.101. The number of aryl methyl sites for hydroxylation is 1. The molecule has 0 spiro atoms. The number of ether oxygens (including phenoxy) is 2. The minimum Gasteiger partial charge on any atom is -0.497 e. The Morgan fingerprint density at radius 2 is 2.26 bits per heavy atom. The van der Waals surface area contributed by atoms with E-state index in [1.165, 1.54) is 0 Å². The van der Waals surface area contributed by atoms with E-state index < -0.39 is 0 Å². The van der Waals surface area contributed by atoms with Crippen LogP contribution in [0.1, 0.15) is 15.9 Å². The number of hydrogen-bond acceptors (Lipinski definition) is 4. The van der Waals surface area contributed by atoms with Crippen LogP contribution in [-0.2, 0) is 7.05 Å². The van der Waals surface area contributed by atoms with Crippen molar-refractivity contribution in [3.8, 4) is 11.5 Å². The fourth-order valence-corrected chi connectivity index (χ4v) is 1.96. The van der Waals surface area contributed by atoms with Crippen LogP contribution in [0.15, 0.2) is 36.4 Å². The molecule has 2 aromatic rings. The SMILES string of the molecule is COc1ccc2c(c1)OC(=Cc1cnn(C)c1)C2=O. The van der Waals surface area contributed by atoms with Gasteiger partial charge in [-0.05, 0) is 18.2 Å². The Balaban J connectivity index is 1.96. The van der Waals surface area contributed by atoms with Gasteiger partial charge in [-0.1, -0.05) is 0 Å². The number of hydrogen-bond donors (Lipinski definition) is 0. The minimum atomic E-state index is -0.124. The summed E-state index contributed by atoms with van der Waals surface area (Å²) in [7, 11) is 3.39. The highest BCUT2D eigenvalue weighted by Gasteiger charge is 2.27. The van der Waals surface area contributed by atoms with E-state index >= 15 is 0 Å². The second-order valence-corrected chi connectivity index (χ2v) is 4.25. The van der Waals surface area contributed by atoms with Crippen LogP contribution in [0.2, 0.25) is 0 Å². The van der Waals surface area contributed by atoms with Gasteiger partial charge < -0.3 is 9.47 Å². The quantitative estimate of drug-likeness (QED) is 0.772. The molecule has 0 aliphatic carbocycles. The van der Waals surface area contributed by atoms with Crippen molar-refractivity contribution in [3.63, 3.8) is 0 Å². The number of nitrogens with zero attached hydrogens (tertiary/aromatic N) is 2. The van der Waals surface area contributed by atoms with E-state index in [0.717, 1.165) is 5.56 Å². The Bertz CT molecular complexity index is 686. The lowest BCUT2D eigenvalue weighted by atomic mass is 10.1. The van der Waals surface area contributed by atoms with Gasteiger partial charge in [0.05, 0.1) is 18.9 Å². The third kappa shape index (κ3) is 1.99. The van der Waals surface area contributed by atoms with Crippen LogP contribution in [0.3, 0.4) is 0 Å². The Hall–Kier alpha value is -2.56. The number of allylic oxidation sites excluding steroid dienone is 1. The average Bonchev–Trinajstić information content (AvgIpc) is 2.95. The number of rotatable bonds is 2.